The SMILES string of the molecule is CN(Cc1cccc(N)c1)c1ncc(Cl)cc1Br. The standard InChI is InChI=1S/C13H13BrClN3/c1-18(8-9-3-2-4-11(16)5-9)13-12(14)6-10(15)7-17-13/h2-7H,8,16H2,1H3. The average Bonchev–Trinajstić information content (AvgIpc) is 2.28. The number of aromatic nitrogens is 1. The van der Waals surface area contributed by atoms with Gasteiger partial charge in [0, 0.05) is 25.5 Å². The maximum atomic E-state index is 5.88. The molecular formula is C13H13BrClN3. The van der Waals surface area contributed by atoms with E-state index in [2.05, 4.69) is 20.9 Å². The number of pyridine rings is 1. The molecule has 5 heteroatoms. The van der Waals surface area contributed by atoms with Crippen LogP contribution in [0.3, 0.4) is 0 Å². The number of rotatable bonds is 3. The predicted octanol–water partition coefficient (Wildman–Crippen LogP) is 3.72. The summed E-state index contributed by atoms with van der Waals surface area (Å²) in [5.74, 6) is 0.849. The van der Waals surface area contributed by atoms with Crippen LogP contribution in [0.4, 0.5) is 11.5 Å². The van der Waals surface area contributed by atoms with Gasteiger partial charge in [-0.3, -0.25) is 0 Å². The maximum Gasteiger partial charge on any atom is 0.143 e. The van der Waals surface area contributed by atoms with E-state index in [1.165, 1.54) is 0 Å². The Hall–Kier alpha value is -1.26. The fourth-order valence-electron chi connectivity index (χ4n) is 1.73. The van der Waals surface area contributed by atoms with Crippen LogP contribution in [0.5, 0.6) is 0 Å². The molecule has 1 aromatic heterocycles. The summed E-state index contributed by atoms with van der Waals surface area (Å²) < 4.78 is 0.876. The van der Waals surface area contributed by atoms with Crippen LogP contribution < -0.4 is 10.6 Å². The fraction of sp³-hybridized carbons (Fsp3) is 0.154. The molecule has 3 nitrogen and oxygen atoms in total. The molecule has 0 atom stereocenters. The third kappa shape index (κ3) is 3.15. The van der Waals surface area contributed by atoms with Crippen molar-refractivity contribution in [2.24, 2.45) is 0 Å². The van der Waals surface area contributed by atoms with Crippen molar-refractivity contribution in [2.75, 3.05) is 17.7 Å². The van der Waals surface area contributed by atoms with Gasteiger partial charge < -0.3 is 10.6 Å². The van der Waals surface area contributed by atoms with Crippen molar-refractivity contribution in [2.45, 2.75) is 6.54 Å². The zero-order valence-corrected chi connectivity index (χ0v) is 12.2. The molecule has 1 aromatic carbocycles. The zero-order valence-electron chi connectivity index (χ0n) is 9.90. The molecule has 0 amide bonds. The van der Waals surface area contributed by atoms with Crippen LogP contribution in [0.25, 0.3) is 0 Å². The van der Waals surface area contributed by atoms with E-state index in [4.69, 9.17) is 17.3 Å². The Morgan fingerprint density at radius 3 is 2.83 bits per heavy atom. The Morgan fingerprint density at radius 1 is 1.39 bits per heavy atom. The van der Waals surface area contributed by atoms with Crippen molar-refractivity contribution in [3.63, 3.8) is 0 Å². The van der Waals surface area contributed by atoms with Gasteiger partial charge in [0.2, 0.25) is 0 Å². The van der Waals surface area contributed by atoms with Crippen LogP contribution in [0, 0.1) is 0 Å². The lowest BCUT2D eigenvalue weighted by atomic mass is 10.2. The molecule has 2 aromatic rings. The van der Waals surface area contributed by atoms with Crippen LogP contribution in [0.1, 0.15) is 5.56 Å². The molecule has 1 heterocycles. The monoisotopic (exact) mass is 325 g/mol. The van der Waals surface area contributed by atoms with E-state index in [9.17, 15) is 0 Å². The number of halogens is 2. The van der Waals surface area contributed by atoms with Crippen LogP contribution in [0.2, 0.25) is 5.02 Å². The summed E-state index contributed by atoms with van der Waals surface area (Å²) in [4.78, 5) is 6.35. The molecule has 0 unspecified atom stereocenters. The summed E-state index contributed by atoms with van der Waals surface area (Å²) in [5.41, 5.74) is 7.67. The Morgan fingerprint density at radius 2 is 2.17 bits per heavy atom. The van der Waals surface area contributed by atoms with E-state index in [0.29, 0.717) is 5.02 Å². The molecule has 18 heavy (non-hydrogen) atoms. The molecule has 0 saturated carbocycles. The average molecular weight is 327 g/mol. The van der Waals surface area contributed by atoms with Gasteiger partial charge in [-0.25, -0.2) is 4.98 Å². The smallest absolute Gasteiger partial charge is 0.143 e. The second kappa shape index (κ2) is 5.59. The fourth-order valence-corrected chi connectivity index (χ4v) is 2.67. The van der Waals surface area contributed by atoms with Crippen molar-refractivity contribution < 1.29 is 0 Å². The first kappa shape index (κ1) is 13.2. The van der Waals surface area contributed by atoms with Gasteiger partial charge in [0.05, 0.1) is 9.50 Å². The van der Waals surface area contributed by atoms with Crippen molar-refractivity contribution in [1.82, 2.24) is 4.98 Å². The highest BCUT2D eigenvalue weighted by atomic mass is 79.9. The number of hydrogen-bond donors (Lipinski definition) is 1. The van der Waals surface area contributed by atoms with Crippen molar-refractivity contribution in [1.29, 1.82) is 0 Å². The van der Waals surface area contributed by atoms with E-state index in [-0.39, 0.29) is 0 Å². The van der Waals surface area contributed by atoms with Crippen molar-refractivity contribution in [3.8, 4) is 0 Å². The van der Waals surface area contributed by atoms with Gasteiger partial charge in [0.25, 0.3) is 0 Å². The van der Waals surface area contributed by atoms with E-state index in [1.54, 1.807) is 6.20 Å². The highest BCUT2D eigenvalue weighted by Gasteiger charge is 2.08. The Labute approximate surface area is 120 Å². The molecule has 2 N–H and O–H groups in total. The van der Waals surface area contributed by atoms with Crippen molar-refractivity contribution in [3.05, 3.63) is 51.6 Å². The van der Waals surface area contributed by atoms with Gasteiger partial charge in [-0.2, -0.15) is 0 Å². The number of anilines is 2. The topological polar surface area (TPSA) is 42.1 Å². The molecule has 0 bridgehead atoms. The number of nitrogens with zero attached hydrogens (tertiary/aromatic N) is 2. The molecule has 0 fully saturated rings. The van der Waals surface area contributed by atoms with Crippen LogP contribution >= 0.6 is 27.5 Å². The minimum atomic E-state index is 0.614. The minimum absolute atomic E-state index is 0.614. The van der Waals surface area contributed by atoms with Gasteiger partial charge in [-0.05, 0) is 39.7 Å². The minimum Gasteiger partial charge on any atom is -0.399 e. The predicted molar refractivity (Wildman–Crippen MR) is 79.9 cm³/mol. The van der Waals surface area contributed by atoms with E-state index >= 15 is 0 Å². The molecule has 94 valence electrons. The lowest BCUT2D eigenvalue weighted by molar-refractivity contribution is 0.894. The number of benzene rings is 1. The third-order valence-corrected chi connectivity index (χ3v) is 3.31. The summed E-state index contributed by atoms with van der Waals surface area (Å²) >= 11 is 9.34. The zero-order chi connectivity index (χ0) is 13.1. The molecule has 0 radical (unpaired) electrons. The van der Waals surface area contributed by atoms with Crippen LogP contribution in [-0.2, 0) is 6.54 Å². The van der Waals surface area contributed by atoms with E-state index in [0.717, 1.165) is 28.1 Å². The van der Waals surface area contributed by atoms with Gasteiger partial charge in [-0.1, -0.05) is 23.7 Å². The van der Waals surface area contributed by atoms with Gasteiger partial charge in [-0.15, -0.1) is 0 Å². The number of nitrogens with two attached hydrogens (primary N) is 1. The summed E-state index contributed by atoms with van der Waals surface area (Å²) in [7, 11) is 1.98. The number of hydrogen-bond acceptors (Lipinski definition) is 3. The lowest BCUT2D eigenvalue weighted by Crippen LogP contribution is -2.18. The molecule has 0 saturated heterocycles. The second-order valence-electron chi connectivity index (χ2n) is 4.06. The van der Waals surface area contributed by atoms with Gasteiger partial charge >= 0.3 is 0 Å². The Balaban J connectivity index is 2.19. The largest absolute Gasteiger partial charge is 0.399 e. The van der Waals surface area contributed by atoms with Crippen LogP contribution in [-0.4, -0.2) is 12.0 Å². The summed E-state index contributed by atoms with van der Waals surface area (Å²) in [5, 5.41) is 0.614. The number of nitrogen functional groups attached to an aromatic ring is 1. The first-order valence-electron chi connectivity index (χ1n) is 5.43. The third-order valence-electron chi connectivity index (χ3n) is 2.52. The highest BCUT2D eigenvalue weighted by molar-refractivity contribution is 9.10. The molecule has 0 spiro atoms. The molecule has 0 aliphatic heterocycles. The first-order chi connectivity index (χ1) is 8.56. The normalized spacial score (nSPS) is 10.4. The van der Waals surface area contributed by atoms with Crippen LogP contribution in [0.15, 0.2) is 41.0 Å². The Bertz CT molecular complexity index is 560. The quantitative estimate of drug-likeness (QED) is 0.874. The molecule has 0 aliphatic carbocycles. The highest BCUT2D eigenvalue weighted by Crippen LogP contribution is 2.26. The molecule has 0 aliphatic rings. The first-order valence-corrected chi connectivity index (χ1v) is 6.60. The maximum absolute atomic E-state index is 5.88. The van der Waals surface area contributed by atoms with Gasteiger partial charge in [0.1, 0.15) is 5.82 Å². The van der Waals surface area contributed by atoms with Crippen molar-refractivity contribution >= 4 is 39.0 Å². The lowest BCUT2D eigenvalue weighted by Gasteiger charge is -2.19. The van der Waals surface area contributed by atoms with E-state index in [1.807, 2.05) is 42.3 Å². The molecule has 2 rings (SSSR count). The summed E-state index contributed by atoms with van der Waals surface area (Å²) in [6.45, 7) is 0.734. The summed E-state index contributed by atoms with van der Waals surface area (Å²) in [6, 6.07) is 9.65. The summed E-state index contributed by atoms with van der Waals surface area (Å²) in [6.07, 6.45) is 1.64. The Kier molecular flexibility index (Phi) is 4.09. The molecular weight excluding hydrogens is 314 g/mol. The van der Waals surface area contributed by atoms with Gasteiger partial charge in [0.15, 0.2) is 0 Å². The van der Waals surface area contributed by atoms with E-state index < -0.39 is 0 Å². The second-order valence-corrected chi connectivity index (χ2v) is 5.35.